The Morgan fingerprint density at radius 3 is 2.50 bits per heavy atom. The number of nitrogens with zero attached hydrogens (tertiary/aromatic N) is 1. The van der Waals surface area contributed by atoms with Gasteiger partial charge in [0.25, 0.3) is 0 Å². The Balaban J connectivity index is 2.60. The average Bonchev–Trinajstić information content (AvgIpc) is 2.15. The van der Waals surface area contributed by atoms with E-state index in [1.807, 2.05) is 25.1 Å². The maximum Gasteiger partial charge on any atom is 0.121 e. The first-order valence-electron chi connectivity index (χ1n) is 4.72. The van der Waals surface area contributed by atoms with Crippen molar-refractivity contribution in [3.05, 3.63) is 29.8 Å². The van der Waals surface area contributed by atoms with Crippen LogP contribution in [-0.4, -0.2) is 35.8 Å². The molecule has 14 heavy (non-hydrogen) atoms. The molecule has 1 aromatic rings. The molecule has 0 bridgehead atoms. The number of hydrogen-bond donors (Lipinski definition) is 2. The van der Waals surface area contributed by atoms with Gasteiger partial charge in [-0.2, -0.15) is 0 Å². The van der Waals surface area contributed by atoms with Crippen molar-refractivity contribution >= 4 is 0 Å². The van der Waals surface area contributed by atoms with Crippen LogP contribution in [0.2, 0.25) is 0 Å². The van der Waals surface area contributed by atoms with E-state index in [1.54, 1.807) is 18.2 Å². The summed E-state index contributed by atoms with van der Waals surface area (Å²) in [5.41, 5.74) is 0.606. The third-order valence-corrected chi connectivity index (χ3v) is 2.15. The topological polar surface area (TPSA) is 43.7 Å². The molecular weight excluding hydrogens is 178 g/mol. The van der Waals surface area contributed by atoms with Gasteiger partial charge in [0.05, 0.1) is 6.10 Å². The predicted molar refractivity (Wildman–Crippen MR) is 56.2 cm³/mol. The standard InChI is InChI=1S/C11H17NO2/c1-12(2)8-7-11(14)9-5-3-4-6-10(9)13/h3-6,11,13-14H,7-8H2,1-2H3. The summed E-state index contributed by atoms with van der Waals surface area (Å²) in [5, 5.41) is 19.2. The second kappa shape index (κ2) is 4.98. The summed E-state index contributed by atoms with van der Waals surface area (Å²) in [7, 11) is 3.91. The molecule has 0 radical (unpaired) electrons. The lowest BCUT2D eigenvalue weighted by Gasteiger charge is -2.15. The molecule has 0 heterocycles. The van der Waals surface area contributed by atoms with E-state index in [-0.39, 0.29) is 5.75 Å². The van der Waals surface area contributed by atoms with Crippen molar-refractivity contribution < 1.29 is 10.2 Å². The quantitative estimate of drug-likeness (QED) is 0.762. The highest BCUT2D eigenvalue weighted by Crippen LogP contribution is 2.25. The van der Waals surface area contributed by atoms with E-state index in [4.69, 9.17) is 0 Å². The maximum atomic E-state index is 9.76. The van der Waals surface area contributed by atoms with E-state index in [0.29, 0.717) is 12.0 Å². The van der Waals surface area contributed by atoms with Gasteiger partial charge in [-0.1, -0.05) is 18.2 Å². The number of phenols is 1. The van der Waals surface area contributed by atoms with Crippen LogP contribution in [-0.2, 0) is 0 Å². The number of aromatic hydroxyl groups is 1. The minimum atomic E-state index is -0.585. The van der Waals surface area contributed by atoms with E-state index in [1.165, 1.54) is 0 Å². The maximum absolute atomic E-state index is 9.76. The van der Waals surface area contributed by atoms with Crippen LogP contribution in [0.1, 0.15) is 18.1 Å². The first-order chi connectivity index (χ1) is 6.61. The fraction of sp³-hybridized carbons (Fsp3) is 0.455. The van der Waals surface area contributed by atoms with Crippen molar-refractivity contribution in [2.75, 3.05) is 20.6 Å². The Bertz CT molecular complexity index is 286. The number of aliphatic hydroxyl groups excluding tert-OH is 1. The summed E-state index contributed by atoms with van der Waals surface area (Å²) in [6.45, 7) is 0.801. The Morgan fingerprint density at radius 1 is 1.29 bits per heavy atom. The Labute approximate surface area is 84.6 Å². The van der Waals surface area contributed by atoms with Gasteiger partial charge in [-0.15, -0.1) is 0 Å². The molecular formula is C11H17NO2. The zero-order valence-electron chi connectivity index (χ0n) is 8.64. The fourth-order valence-electron chi connectivity index (χ4n) is 1.31. The Kier molecular flexibility index (Phi) is 3.92. The molecule has 0 aliphatic heterocycles. The zero-order chi connectivity index (χ0) is 10.6. The summed E-state index contributed by atoms with van der Waals surface area (Å²) in [6.07, 6.45) is 0.0449. The number of phenolic OH excluding ortho intramolecular Hbond substituents is 1. The number of para-hydroxylation sites is 1. The molecule has 3 heteroatoms. The minimum Gasteiger partial charge on any atom is -0.508 e. The molecule has 0 saturated heterocycles. The van der Waals surface area contributed by atoms with Crippen molar-refractivity contribution in [3.8, 4) is 5.75 Å². The molecule has 1 aromatic carbocycles. The summed E-state index contributed by atoms with van der Waals surface area (Å²) in [4.78, 5) is 2.00. The zero-order valence-corrected chi connectivity index (χ0v) is 8.64. The van der Waals surface area contributed by atoms with Crippen LogP contribution < -0.4 is 0 Å². The third-order valence-electron chi connectivity index (χ3n) is 2.15. The van der Waals surface area contributed by atoms with Gasteiger partial charge in [0.2, 0.25) is 0 Å². The molecule has 1 rings (SSSR count). The number of aliphatic hydroxyl groups is 1. The van der Waals surface area contributed by atoms with Crippen LogP contribution in [0.5, 0.6) is 5.75 Å². The fourth-order valence-corrected chi connectivity index (χ4v) is 1.31. The van der Waals surface area contributed by atoms with Crippen LogP contribution in [0.25, 0.3) is 0 Å². The van der Waals surface area contributed by atoms with Gasteiger partial charge in [-0.3, -0.25) is 0 Å². The van der Waals surface area contributed by atoms with Crippen molar-refractivity contribution in [2.24, 2.45) is 0 Å². The van der Waals surface area contributed by atoms with Crippen molar-refractivity contribution in [1.29, 1.82) is 0 Å². The lowest BCUT2D eigenvalue weighted by atomic mass is 10.1. The SMILES string of the molecule is CN(C)CCC(O)c1ccccc1O. The van der Waals surface area contributed by atoms with Gasteiger partial charge >= 0.3 is 0 Å². The third kappa shape index (κ3) is 3.01. The average molecular weight is 195 g/mol. The second-order valence-electron chi connectivity index (χ2n) is 3.67. The van der Waals surface area contributed by atoms with Crippen LogP contribution in [0.4, 0.5) is 0 Å². The summed E-state index contributed by atoms with van der Waals surface area (Å²) in [5.74, 6) is 0.166. The summed E-state index contributed by atoms with van der Waals surface area (Å²) in [6, 6.07) is 6.90. The number of benzene rings is 1. The molecule has 1 unspecified atom stereocenters. The predicted octanol–water partition coefficient (Wildman–Crippen LogP) is 1.38. The van der Waals surface area contributed by atoms with Crippen molar-refractivity contribution in [2.45, 2.75) is 12.5 Å². The molecule has 0 aliphatic rings. The molecule has 2 N–H and O–H groups in total. The Hall–Kier alpha value is -1.06. The Morgan fingerprint density at radius 2 is 1.93 bits per heavy atom. The van der Waals surface area contributed by atoms with Gasteiger partial charge in [-0.25, -0.2) is 0 Å². The monoisotopic (exact) mass is 195 g/mol. The van der Waals surface area contributed by atoms with Crippen molar-refractivity contribution in [1.82, 2.24) is 4.90 Å². The molecule has 0 amide bonds. The van der Waals surface area contributed by atoms with Gasteiger partial charge in [0.1, 0.15) is 5.75 Å². The van der Waals surface area contributed by atoms with E-state index < -0.39 is 6.10 Å². The smallest absolute Gasteiger partial charge is 0.121 e. The van der Waals surface area contributed by atoms with E-state index in [2.05, 4.69) is 0 Å². The van der Waals surface area contributed by atoms with E-state index >= 15 is 0 Å². The molecule has 0 aliphatic carbocycles. The van der Waals surface area contributed by atoms with Crippen LogP contribution in [0, 0.1) is 0 Å². The second-order valence-corrected chi connectivity index (χ2v) is 3.67. The van der Waals surface area contributed by atoms with Crippen LogP contribution in [0.3, 0.4) is 0 Å². The minimum absolute atomic E-state index is 0.166. The van der Waals surface area contributed by atoms with E-state index in [0.717, 1.165) is 6.54 Å². The molecule has 0 saturated carbocycles. The highest BCUT2D eigenvalue weighted by molar-refractivity contribution is 5.33. The van der Waals surface area contributed by atoms with Crippen LogP contribution >= 0.6 is 0 Å². The van der Waals surface area contributed by atoms with Gasteiger partial charge in [0, 0.05) is 12.1 Å². The van der Waals surface area contributed by atoms with Crippen LogP contribution in [0.15, 0.2) is 24.3 Å². The molecule has 1 atom stereocenters. The van der Waals surface area contributed by atoms with Crippen molar-refractivity contribution in [3.63, 3.8) is 0 Å². The first kappa shape index (κ1) is 11.0. The number of rotatable bonds is 4. The highest BCUT2D eigenvalue weighted by Gasteiger charge is 2.11. The summed E-state index contributed by atoms with van der Waals surface area (Å²) < 4.78 is 0. The van der Waals surface area contributed by atoms with E-state index in [9.17, 15) is 10.2 Å². The molecule has 0 fully saturated rings. The normalized spacial score (nSPS) is 13.1. The summed E-state index contributed by atoms with van der Waals surface area (Å²) >= 11 is 0. The van der Waals surface area contributed by atoms with Gasteiger partial charge < -0.3 is 15.1 Å². The lowest BCUT2D eigenvalue weighted by Crippen LogP contribution is -2.15. The lowest BCUT2D eigenvalue weighted by molar-refractivity contribution is 0.151. The molecule has 3 nitrogen and oxygen atoms in total. The van der Waals surface area contributed by atoms with Gasteiger partial charge in [0.15, 0.2) is 0 Å². The van der Waals surface area contributed by atoms with Gasteiger partial charge in [-0.05, 0) is 26.6 Å². The molecule has 78 valence electrons. The highest BCUT2D eigenvalue weighted by atomic mass is 16.3. The number of hydrogen-bond acceptors (Lipinski definition) is 3. The molecule has 0 spiro atoms. The first-order valence-corrected chi connectivity index (χ1v) is 4.72. The largest absolute Gasteiger partial charge is 0.508 e. The molecule has 0 aromatic heterocycles.